The lowest BCUT2D eigenvalue weighted by atomic mass is 10.4. The number of hydrogen-bond donors (Lipinski definition) is 1. The largest absolute Gasteiger partial charge is 0.464 e. The average molecular weight is 224 g/mol. The van der Waals surface area contributed by atoms with Gasteiger partial charge in [0, 0.05) is 13.6 Å². The highest BCUT2D eigenvalue weighted by Gasteiger charge is 2.10. The first kappa shape index (κ1) is 12.4. The molecule has 0 atom stereocenters. The summed E-state index contributed by atoms with van der Waals surface area (Å²) in [6, 6.07) is 0. The van der Waals surface area contributed by atoms with Crippen LogP contribution in [0.25, 0.3) is 0 Å². The second-order valence-electron chi connectivity index (χ2n) is 3.32. The van der Waals surface area contributed by atoms with Crippen molar-refractivity contribution in [3.05, 3.63) is 18.1 Å². The van der Waals surface area contributed by atoms with E-state index in [0.29, 0.717) is 12.4 Å². The topological polar surface area (TPSA) is 81.3 Å². The van der Waals surface area contributed by atoms with E-state index in [2.05, 4.69) is 14.7 Å². The lowest BCUT2D eigenvalue weighted by molar-refractivity contribution is 0.0593. The Labute approximate surface area is 94.4 Å². The molecule has 0 aliphatic rings. The van der Waals surface area contributed by atoms with Gasteiger partial charge in [-0.15, -0.1) is 0 Å². The minimum Gasteiger partial charge on any atom is -0.464 e. The number of hydrogen-bond acceptors (Lipinski definition) is 6. The Balaban J connectivity index is 2.77. The summed E-state index contributed by atoms with van der Waals surface area (Å²) in [4.78, 5) is 21.2. The van der Waals surface area contributed by atoms with Gasteiger partial charge in [0.25, 0.3) is 0 Å². The van der Waals surface area contributed by atoms with Crippen molar-refractivity contribution in [3.63, 3.8) is 0 Å². The number of nitrogens with two attached hydrogens (primary N) is 1. The predicted octanol–water partition coefficient (Wildman–Crippen LogP) is 0.0482. The maximum absolute atomic E-state index is 11.2. The summed E-state index contributed by atoms with van der Waals surface area (Å²) < 4.78 is 4.57. The van der Waals surface area contributed by atoms with Crippen LogP contribution in [0.5, 0.6) is 0 Å². The number of carbonyl (C=O) groups excluding carboxylic acids is 1. The van der Waals surface area contributed by atoms with Crippen molar-refractivity contribution in [2.45, 2.75) is 6.42 Å². The van der Waals surface area contributed by atoms with Crippen LogP contribution in [0.15, 0.2) is 12.4 Å². The quantitative estimate of drug-likeness (QED) is 0.712. The molecule has 0 fully saturated rings. The van der Waals surface area contributed by atoms with E-state index < -0.39 is 5.97 Å². The van der Waals surface area contributed by atoms with Crippen LogP contribution in [-0.4, -0.2) is 43.2 Å². The van der Waals surface area contributed by atoms with Crippen molar-refractivity contribution >= 4 is 11.8 Å². The first-order valence-corrected chi connectivity index (χ1v) is 5.00. The lowest BCUT2D eigenvalue weighted by Crippen LogP contribution is -2.23. The van der Waals surface area contributed by atoms with E-state index in [0.717, 1.165) is 13.0 Å². The summed E-state index contributed by atoms with van der Waals surface area (Å²) in [6.07, 6.45) is 3.84. The summed E-state index contributed by atoms with van der Waals surface area (Å²) in [5.74, 6) is 0.151. The maximum Gasteiger partial charge on any atom is 0.358 e. The fraction of sp³-hybridized carbons (Fsp3) is 0.500. The number of aromatic nitrogens is 2. The second-order valence-corrected chi connectivity index (χ2v) is 3.32. The molecule has 1 rings (SSSR count). The van der Waals surface area contributed by atoms with Gasteiger partial charge in [0.15, 0.2) is 5.69 Å². The molecule has 0 aliphatic heterocycles. The van der Waals surface area contributed by atoms with Crippen LogP contribution in [0.4, 0.5) is 5.82 Å². The third-order valence-corrected chi connectivity index (χ3v) is 2.11. The van der Waals surface area contributed by atoms with Gasteiger partial charge >= 0.3 is 5.97 Å². The van der Waals surface area contributed by atoms with Crippen LogP contribution in [-0.2, 0) is 4.74 Å². The van der Waals surface area contributed by atoms with E-state index in [1.54, 1.807) is 6.20 Å². The molecule has 0 unspecified atom stereocenters. The standard InChI is InChI=1S/C10H16N4O2/c1-14(5-3-4-11)9-7-12-6-8(13-9)10(15)16-2/h6-7H,3-5,11H2,1-2H3. The van der Waals surface area contributed by atoms with Gasteiger partial charge in [-0.3, -0.25) is 4.98 Å². The van der Waals surface area contributed by atoms with Crippen molar-refractivity contribution < 1.29 is 9.53 Å². The van der Waals surface area contributed by atoms with Gasteiger partial charge < -0.3 is 15.4 Å². The molecule has 6 nitrogen and oxygen atoms in total. The fourth-order valence-corrected chi connectivity index (χ4v) is 1.19. The van der Waals surface area contributed by atoms with Crippen LogP contribution < -0.4 is 10.6 Å². The van der Waals surface area contributed by atoms with Crippen molar-refractivity contribution in [1.29, 1.82) is 0 Å². The first-order valence-electron chi connectivity index (χ1n) is 5.00. The molecule has 0 aromatic carbocycles. The maximum atomic E-state index is 11.2. The lowest BCUT2D eigenvalue weighted by Gasteiger charge is -2.17. The van der Waals surface area contributed by atoms with E-state index in [-0.39, 0.29) is 5.69 Å². The van der Waals surface area contributed by atoms with E-state index in [9.17, 15) is 4.79 Å². The minimum absolute atomic E-state index is 0.208. The second kappa shape index (κ2) is 6.02. The predicted molar refractivity (Wildman–Crippen MR) is 60.3 cm³/mol. The molecule has 0 spiro atoms. The smallest absolute Gasteiger partial charge is 0.358 e. The van der Waals surface area contributed by atoms with Crippen LogP contribution in [0.1, 0.15) is 16.9 Å². The Bertz CT molecular complexity index is 356. The zero-order chi connectivity index (χ0) is 12.0. The Morgan fingerprint density at radius 2 is 2.31 bits per heavy atom. The van der Waals surface area contributed by atoms with Gasteiger partial charge in [-0.25, -0.2) is 9.78 Å². The van der Waals surface area contributed by atoms with E-state index in [1.807, 2.05) is 11.9 Å². The molecule has 0 aliphatic carbocycles. The number of methoxy groups -OCH3 is 1. The van der Waals surface area contributed by atoms with Crippen LogP contribution in [0.3, 0.4) is 0 Å². The summed E-state index contributed by atoms with van der Waals surface area (Å²) >= 11 is 0. The monoisotopic (exact) mass is 224 g/mol. The number of nitrogens with zero attached hydrogens (tertiary/aromatic N) is 3. The van der Waals surface area contributed by atoms with E-state index in [1.165, 1.54) is 13.3 Å². The molecular weight excluding hydrogens is 208 g/mol. The fourth-order valence-electron chi connectivity index (χ4n) is 1.19. The highest BCUT2D eigenvalue weighted by atomic mass is 16.5. The molecular formula is C10H16N4O2. The molecule has 0 saturated carbocycles. The SMILES string of the molecule is COC(=O)c1cncc(N(C)CCCN)n1. The third-order valence-electron chi connectivity index (χ3n) is 2.11. The van der Waals surface area contributed by atoms with Gasteiger partial charge in [-0.05, 0) is 13.0 Å². The van der Waals surface area contributed by atoms with Gasteiger partial charge in [0.1, 0.15) is 5.82 Å². The molecule has 1 aromatic rings. The van der Waals surface area contributed by atoms with Crippen molar-refractivity contribution in [3.8, 4) is 0 Å². The third kappa shape index (κ3) is 3.16. The van der Waals surface area contributed by atoms with Gasteiger partial charge in [0.2, 0.25) is 0 Å². The highest BCUT2D eigenvalue weighted by molar-refractivity contribution is 5.87. The van der Waals surface area contributed by atoms with E-state index >= 15 is 0 Å². The zero-order valence-corrected chi connectivity index (χ0v) is 9.51. The molecule has 16 heavy (non-hydrogen) atoms. The van der Waals surface area contributed by atoms with Gasteiger partial charge in [-0.2, -0.15) is 0 Å². The summed E-state index contributed by atoms with van der Waals surface area (Å²) in [5, 5.41) is 0. The first-order chi connectivity index (χ1) is 7.69. The molecule has 0 radical (unpaired) electrons. The molecule has 1 aromatic heterocycles. The Kier molecular flexibility index (Phi) is 4.65. The summed E-state index contributed by atoms with van der Waals surface area (Å²) in [7, 11) is 3.19. The van der Waals surface area contributed by atoms with Crippen LogP contribution >= 0.6 is 0 Å². The number of anilines is 1. The number of ether oxygens (including phenoxy) is 1. The number of rotatable bonds is 5. The van der Waals surface area contributed by atoms with Crippen molar-refractivity contribution in [2.24, 2.45) is 5.73 Å². The number of esters is 1. The zero-order valence-electron chi connectivity index (χ0n) is 9.51. The van der Waals surface area contributed by atoms with Crippen LogP contribution in [0.2, 0.25) is 0 Å². The normalized spacial score (nSPS) is 9.94. The van der Waals surface area contributed by atoms with Gasteiger partial charge in [0.05, 0.1) is 19.5 Å². The van der Waals surface area contributed by atoms with Crippen molar-refractivity contribution in [2.75, 3.05) is 32.1 Å². The average Bonchev–Trinajstić information content (AvgIpc) is 2.35. The molecule has 0 bridgehead atoms. The molecule has 2 N–H and O–H groups in total. The Morgan fingerprint density at radius 3 is 2.94 bits per heavy atom. The highest BCUT2D eigenvalue weighted by Crippen LogP contribution is 2.08. The molecule has 0 saturated heterocycles. The number of carbonyl (C=O) groups is 1. The van der Waals surface area contributed by atoms with Crippen molar-refractivity contribution in [1.82, 2.24) is 9.97 Å². The molecule has 88 valence electrons. The Morgan fingerprint density at radius 1 is 1.56 bits per heavy atom. The minimum atomic E-state index is -0.485. The molecule has 6 heteroatoms. The van der Waals surface area contributed by atoms with Crippen LogP contribution in [0, 0.1) is 0 Å². The summed E-state index contributed by atoms with van der Waals surface area (Å²) in [5.41, 5.74) is 5.63. The summed E-state index contributed by atoms with van der Waals surface area (Å²) in [6.45, 7) is 1.39. The molecule has 1 heterocycles. The van der Waals surface area contributed by atoms with E-state index in [4.69, 9.17) is 5.73 Å². The van der Waals surface area contributed by atoms with Gasteiger partial charge in [-0.1, -0.05) is 0 Å². The molecule has 0 amide bonds. The Hall–Kier alpha value is -1.69.